The number of hydrogen-bond acceptors (Lipinski definition) is 6. The standard InChI is InChI=1S/C17H17N5OS/c1-2-6-14(7-3-1)24-17-21-20-16(15-11-18-8-9-19-15)22(17)12-13-5-4-10-23-13/h2,4-6,8-11,14H,1,3,7,12H2/t14-/m0/s1. The molecule has 3 heterocycles. The van der Waals surface area contributed by atoms with Crippen LogP contribution in [0.25, 0.3) is 11.5 Å². The van der Waals surface area contributed by atoms with Crippen LogP contribution in [0.2, 0.25) is 0 Å². The third-order valence-corrected chi connectivity index (χ3v) is 5.08. The first kappa shape index (κ1) is 15.1. The first-order valence-electron chi connectivity index (χ1n) is 7.95. The maximum absolute atomic E-state index is 5.51. The van der Waals surface area contributed by atoms with Crippen LogP contribution in [0.4, 0.5) is 0 Å². The van der Waals surface area contributed by atoms with E-state index in [2.05, 4.69) is 36.9 Å². The van der Waals surface area contributed by atoms with Crippen LogP contribution in [0.1, 0.15) is 25.0 Å². The summed E-state index contributed by atoms with van der Waals surface area (Å²) >= 11 is 1.74. The number of rotatable bonds is 5. The minimum absolute atomic E-state index is 0.438. The Kier molecular flexibility index (Phi) is 4.42. The van der Waals surface area contributed by atoms with Crippen LogP contribution in [0, 0.1) is 0 Å². The van der Waals surface area contributed by atoms with E-state index in [1.54, 1.807) is 36.6 Å². The highest BCUT2D eigenvalue weighted by Crippen LogP contribution is 2.31. The molecule has 4 rings (SSSR count). The van der Waals surface area contributed by atoms with Crippen molar-refractivity contribution in [2.45, 2.75) is 36.2 Å². The second kappa shape index (κ2) is 7.00. The van der Waals surface area contributed by atoms with E-state index in [0.717, 1.165) is 17.3 Å². The molecule has 0 N–H and O–H groups in total. The molecule has 0 radical (unpaired) electrons. The molecule has 6 nitrogen and oxygen atoms in total. The summed E-state index contributed by atoms with van der Waals surface area (Å²) in [5.74, 6) is 1.57. The molecule has 24 heavy (non-hydrogen) atoms. The van der Waals surface area contributed by atoms with Gasteiger partial charge < -0.3 is 4.42 Å². The molecule has 0 saturated carbocycles. The van der Waals surface area contributed by atoms with Crippen LogP contribution < -0.4 is 0 Å². The molecule has 1 aliphatic rings. The number of nitrogens with zero attached hydrogens (tertiary/aromatic N) is 5. The molecule has 1 atom stereocenters. The lowest BCUT2D eigenvalue weighted by molar-refractivity contribution is 0.485. The Labute approximate surface area is 144 Å². The zero-order chi connectivity index (χ0) is 16.2. The van der Waals surface area contributed by atoms with Crippen LogP contribution >= 0.6 is 11.8 Å². The number of hydrogen-bond donors (Lipinski definition) is 0. The Morgan fingerprint density at radius 3 is 3.04 bits per heavy atom. The number of allylic oxidation sites excluding steroid dienone is 1. The Bertz CT molecular complexity index is 813. The van der Waals surface area contributed by atoms with Crippen LogP contribution in [-0.4, -0.2) is 30.0 Å². The fourth-order valence-electron chi connectivity index (χ4n) is 2.70. The Hall–Kier alpha value is -2.41. The van der Waals surface area contributed by atoms with Gasteiger partial charge in [-0.1, -0.05) is 23.9 Å². The topological polar surface area (TPSA) is 69.6 Å². The predicted molar refractivity (Wildman–Crippen MR) is 91.5 cm³/mol. The quantitative estimate of drug-likeness (QED) is 0.662. The highest BCUT2D eigenvalue weighted by atomic mass is 32.2. The highest BCUT2D eigenvalue weighted by Gasteiger charge is 2.20. The van der Waals surface area contributed by atoms with E-state index in [0.29, 0.717) is 23.3 Å². The lowest BCUT2D eigenvalue weighted by Gasteiger charge is -2.16. The monoisotopic (exact) mass is 339 g/mol. The van der Waals surface area contributed by atoms with Gasteiger partial charge in [0.1, 0.15) is 11.5 Å². The smallest absolute Gasteiger partial charge is 0.192 e. The first-order valence-corrected chi connectivity index (χ1v) is 8.83. The molecular formula is C17H17N5OS. The molecule has 0 aromatic carbocycles. The third-order valence-electron chi connectivity index (χ3n) is 3.87. The molecule has 122 valence electrons. The van der Waals surface area contributed by atoms with Gasteiger partial charge >= 0.3 is 0 Å². The summed E-state index contributed by atoms with van der Waals surface area (Å²) in [6, 6.07) is 3.84. The number of furan rings is 1. The van der Waals surface area contributed by atoms with Gasteiger partial charge in [-0.2, -0.15) is 0 Å². The van der Waals surface area contributed by atoms with E-state index in [1.165, 1.54) is 12.8 Å². The van der Waals surface area contributed by atoms with E-state index in [1.807, 2.05) is 12.1 Å². The zero-order valence-corrected chi connectivity index (χ0v) is 13.9. The third kappa shape index (κ3) is 3.26. The molecule has 0 spiro atoms. The minimum Gasteiger partial charge on any atom is -0.467 e. The number of thioether (sulfide) groups is 1. The van der Waals surface area contributed by atoms with Crippen molar-refractivity contribution in [3.63, 3.8) is 0 Å². The molecular weight excluding hydrogens is 322 g/mol. The van der Waals surface area contributed by atoms with E-state index < -0.39 is 0 Å². The van der Waals surface area contributed by atoms with Crippen molar-refractivity contribution in [1.82, 2.24) is 24.7 Å². The average Bonchev–Trinajstić information content (AvgIpc) is 3.28. The summed E-state index contributed by atoms with van der Waals surface area (Å²) in [4.78, 5) is 8.50. The van der Waals surface area contributed by atoms with Crippen molar-refractivity contribution >= 4 is 11.8 Å². The largest absolute Gasteiger partial charge is 0.467 e. The summed E-state index contributed by atoms with van der Waals surface area (Å²) in [6.07, 6.45) is 14.8. The van der Waals surface area contributed by atoms with Crippen LogP contribution in [0.5, 0.6) is 0 Å². The normalized spacial score (nSPS) is 17.2. The van der Waals surface area contributed by atoms with Crippen molar-refractivity contribution in [3.8, 4) is 11.5 Å². The molecule has 0 fully saturated rings. The summed E-state index contributed by atoms with van der Waals surface area (Å²) in [6.45, 7) is 0.574. The van der Waals surface area contributed by atoms with Crippen molar-refractivity contribution in [2.75, 3.05) is 0 Å². The maximum Gasteiger partial charge on any atom is 0.192 e. The van der Waals surface area contributed by atoms with Gasteiger partial charge in [-0.05, 0) is 31.4 Å². The molecule has 0 saturated heterocycles. The van der Waals surface area contributed by atoms with Crippen LogP contribution in [0.15, 0.2) is 58.7 Å². The first-order chi connectivity index (χ1) is 11.9. The molecule has 7 heteroatoms. The van der Waals surface area contributed by atoms with Crippen LogP contribution in [-0.2, 0) is 6.54 Å². The Morgan fingerprint density at radius 1 is 1.29 bits per heavy atom. The molecule has 0 aliphatic heterocycles. The van der Waals surface area contributed by atoms with E-state index >= 15 is 0 Å². The summed E-state index contributed by atoms with van der Waals surface area (Å²) in [7, 11) is 0. The lowest BCUT2D eigenvalue weighted by atomic mass is 10.1. The lowest BCUT2D eigenvalue weighted by Crippen LogP contribution is -2.08. The predicted octanol–water partition coefficient (Wildman–Crippen LogP) is 3.58. The molecule has 0 unspecified atom stereocenters. The van der Waals surface area contributed by atoms with E-state index in [9.17, 15) is 0 Å². The molecule has 0 bridgehead atoms. The molecule has 1 aliphatic carbocycles. The molecule has 3 aromatic rings. The fraction of sp³-hybridized carbons (Fsp3) is 0.294. The van der Waals surface area contributed by atoms with Gasteiger partial charge in [0.05, 0.1) is 19.0 Å². The maximum atomic E-state index is 5.51. The van der Waals surface area contributed by atoms with Crippen LogP contribution in [0.3, 0.4) is 0 Å². The zero-order valence-electron chi connectivity index (χ0n) is 13.1. The summed E-state index contributed by atoms with van der Waals surface area (Å²) in [5.41, 5.74) is 0.711. The molecule has 0 amide bonds. The van der Waals surface area contributed by atoms with Gasteiger partial charge in [0.25, 0.3) is 0 Å². The summed E-state index contributed by atoms with van der Waals surface area (Å²) in [5, 5.41) is 10.1. The second-order valence-corrected chi connectivity index (χ2v) is 6.78. The van der Waals surface area contributed by atoms with Crippen molar-refractivity contribution in [3.05, 3.63) is 54.9 Å². The van der Waals surface area contributed by atoms with Crippen molar-refractivity contribution in [1.29, 1.82) is 0 Å². The average molecular weight is 339 g/mol. The van der Waals surface area contributed by atoms with Gasteiger partial charge in [0, 0.05) is 17.6 Å². The highest BCUT2D eigenvalue weighted by molar-refractivity contribution is 7.99. The second-order valence-electron chi connectivity index (χ2n) is 5.58. The Morgan fingerprint density at radius 2 is 2.29 bits per heavy atom. The van der Waals surface area contributed by atoms with Gasteiger partial charge in [-0.25, -0.2) is 4.98 Å². The fourth-order valence-corrected chi connectivity index (χ4v) is 3.81. The van der Waals surface area contributed by atoms with Gasteiger partial charge in [0.2, 0.25) is 0 Å². The SMILES string of the molecule is C1=C[C@H](Sc2nnc(-c3cnccn3)n2Cc2ccco2)CCC1. The van der Waals surface area contributed by atoms with Crippen molar-refractivity contribution in [2.24, 2.45) is 0 Å². The summed E-state index contributed by atoms with van der Waals surface area (Å²) < 4.78 is 7.56. The van der Waals surface area contributed by atoms with E-state index in [4.69, 9.17) is 4.42 Å². The van der Waals surface area contributed by atoms with Gasteiger partial charge in [0.15, 0.2) is 11.0 Å². The Balaban J connectivity index is 1.69. The minimum atomic E-state index is 0.438. The van der Waals surface area contributed by atoms with Crippen molar-refractivity contribution < 1.29 is 4.42 Å². The number of aromatic nitrogens is 5. The van der Waals surface area contributed by atoms with E-state index in [-0.39, 0.29) is 0 Å². The van der Waals surface area contributed by atoms with Gasteiger partial charge in [-0.15, -0.1) is 10.2 Å². The van der Waals surface area contributed by atoms with Gasteiger partial charge in [-0.3, -0.25) is 9.55 Å². The molecule has 3 aromatic heterocycles.